The molecule has 0 saturated carbocycles. The molecule has 2 aromatic rings. The van der Waals surface area contributed by atoms with Crippen molar-refractivity contribution in [2.45, 2.75) is 6.61 Å². The molecular weight excluding hydrogens is 282 g/mol. The average molecular weight is 294 g/mol. The number of pyridine rings is 1. The summed E-state index contributed by atoms with van der Waals surface area (Å²) in [5, 5.41) is 0. The number of rotatable bonds is 4. The van der Waals surface area contributed by atoms with E-state index in [1.54, 1.807) is 13.3 Å². The Labute approximate surface area is 109 Å². The third-order valence-electron chi connectivity index (χ3n) is 2.23. The van der Waals surface area contributed by atoms with Crippen molar-refractivity contribution >= 4 is 15.9 Å². The van der Waals surface area contributed by atoms with Gasteiger partial charge < -0.3 is 9.47 Å². The highest BCUT2D eigenvalue weighted by molar-refractivity contribution is 9.10. The summed E-state index contributed by atoms with van der Waals surface area (Å²) in [7, 11) is 1.64. The van der Waals surface area contributed by atoms with E-state index in [-0.39, 0.29) is 0 Å². The van der Waals surface area contributed by atoms with Crippen molar-refractivity contribution in [1.29, 1.82) is 0 Å². The first-order valence-corrected chi connectivity index (χ1v) is 5.94. The van der Waals surface area contributed by atoms with Gasteiger partial charge in [0.15, 0.2) is 0 Å². The molecule has 1 aromatic carbocycles. The standard InChI is InChI=1S/C13H12BrNO2/c1-16-12-4-6-13(7-5-12)17-9-11-3-2-10(14)8-15-11/h2-8H,9H2,1H3. The molecule has 1 aromatic heterocycles. The number of hydrogen-bond donors (Lipinski definition) is 0. The minimum atomic E-state index is 0.458. The minimum Gasteiger partial charge on any atom is -0.497 e. The molecule has 0 spiro atoms. The second kappa shape index (κ2) is 5.68. The number of halogens is 1. The Balaban J connectivity index is 1.95. The van der Waals surface area contributed by atoms with Gasteiger partial charge in [-0.15, -0.1) is 0 Å². The molecule has 0 radical (unpaired) electrons. The molecule has 0 amide bonds. The summed E-state index contributed by atoms with van der Waals surface area (Å²) in [5.74, 6) is 1.62. The van der Waals surface area contributed by atoms with Crippen molar-refractivity contribution in [2.24, 2.45) is 0 Å². The topological polar surface area (TPSA) is 31.4 Å². The molecule has 0 aliphatic heterocycles. The number of benzene rings is 1. The molecule has 0 unspecified atom stereocenters. The second-order valence-corrected chi connectivity index (χ2v) is 4.35. The van der Waals surface area contributed by atoms with E-state index in [0.29, 0.717) is 6.61 Å². The molecule has 88 valence electrons. The van der Waals surface area contributed by atoms with Gasteiger partial charge in [-0.3, -0.25) is 4.98 Å². The first-order valence-electron chi connectivity index (χ1n) is 5.15. The number of methoxy groups -OCH3 is 1. The molecule has 0 aliphatic rings. The molecule has 0 atom stereocenters. The van der Waals surface area contributed by atoms with Gasteiger partial charge >= 0.3 is 0 Å². The van der Waals surface area contributed by atoms with Crippen LogP contribution in [0.4, 0.5) is 0 Å². The lowest BCUT2D eigenvalue weighted by Gasteiger charge is -2.06. The van der Waals surface area contributed by atoms with Crippen molar-refractivity contribution in [1.82, 2.24) is 4.98 Å². The van der Waals surface area contributed by atoms with Gasteiger partial charge in [0.05, 0.1) is 12.8 Å². The zero-order valence-electron chi connectivity index (χ0n) is 9.39. The maximum Gasteiger partial charge on any atom is 0.130 e. The molecule has 0 saturated heterocycles. The first kappa shape index (κ1) is 11.9. The van der Waals surface area contributed by atoms with Crippen molar-refractivity contribution in [3.63, 3.8) is 0 Å². The van der Waals surface area contributed by atoms with Crippen molar-refractivity contribution < 1.29 is 9.47 Å². The fourth-order valence-corrected chi connectivity index (χ4v) is 1.56. The lowest BCUT2D eigenvalue weighted by molar-refractivity contribution is 0.300. The van der Waals surface area contributed by atoms with E-state index < -0.39 is 0 Å². The molecule has 3 nitrogen and oxygen atoms in total. The Kier molecular flexibility index (Phi) is 3.98. The van der Waals surface area contributed by atoms with Gasteiger partial charge in [0, 0.05) is 10.7 Å². The average Bonchev–Trinajstić information content (AvgIpc) is 2.39. The van der Waals surface area contributed by atoms with Crippen LogP contribution in [0.3, 0.4) is 0 Å². The highest BCUT2D eigenvalue weighted by Crippen LogP contribution is 2.18. The van der Waals surface area contributed by atoms with E-state index in [0.717, 1.165) is 21.7 Å². The Morgan fingerprint density at radius 2 is 1.76 bits per heavy atom. The van der Waals surface area contributed by atoms with Crippen LogP contribution in [0.15, 0.2) is 47.1 Å². The number of ether oxygens (including phenoxy) is 2. The van der Waals surface area contributed by atoms with E-state index in [4.69, 9.17) is 9.47 Å². The minimum absolute atomic E-state index is 0.458. The van der Waals surface area contributed by atoms with Gasteiger partial charge in [0.1, 0.15) is 18.1 Å². The van der Waals surface area contributed by atoms with Crippen LogP contribution < -0.4 is 9.47 Å². The summed E-state index contributed by atoms with van der Waals surface area (Å²) in [5.41, 5.74) is 0.893. The van der Waals surface area contributed by atoms with Crippen molar-refractivity contribution in [2.75, 3.05) is 7.11 Å². The quantitative estimate of drug-likeness (QED) is 0.865. The smallest absolute Gasteiger partial charge is 0.130 e. The van der Waals surface area contributed by atoms with Gasteiger partial charge in [0.2, 0.25) is 0 Å². The molecule has 4 heteroatoms. The third kappa shape index (κ3) is 3.46. The van der Waals surface area contributed by atoms with Crippen LogP contribution in [-0.4, -0.2) is 12.1 Å². The number of nitrogens with zero attached hydrogens (tertiary/aromatic N) is 1. The van der Waals surface area contributed by atoms with E-state index in [1.807, 2.05) is 36.4 Å². The maximum atomic E-state index is 5.60. The van der Waals surface area contributed by atoms with Gasteiger partial charge in [-0.05, 0) is 52.3 Å². The van der Waals surface area contributed by atoms with Gasteiger partial charge in [-0.25, -0.2) is 0 Å². The Morgan fingerprint density at radius 1 is 1.06 bits per heavy atom. The van der Waals surface area contributed by atoms with Crippen LogP contribution in [0.25, 0.3) is 0 Å². The first-order chi connectivity index (χ1) is 8.28. The molecule has 2 rings (SSSR count). The van der Waals surface area contributed by atoms with Crippen LogP contribution in [0.5, 0.6) is 11.5 Å². The third-order valence-corrected chi connectivity index (χ3v) is 2.70. The summed E-state index contributed by atoms with van der Waals surface area (Å²) in [6.07, 6.45) is 1.76. The molecule has 0 aliphatic carbocycles. The summed E-state index contributed by atoms with van der Waals surface area (Å²) in [6.45, 7) is 0.458. The van der Waals surface area contributed by atoms with Crippen molar-refractivity contribution in [3.05, 3.63) is 52.8 Å². The fourth-order valence-electron chi connectivity index (χ4n) is 1.32. The second-order valence-electron chi connectivity index (χ2n) is 3.43. The summed E-state index contributed by atoms with van der Waals surface area (Å²) < 4.78 is 11.6. The summed E-state index contributed by atoms with van der Waals surface area (Å²) in [4.78, 5) is 4.23. The predicted octanol–water partition coefficient (Wildman–Crippen LogP) is 3.43. The Bertz CT molecular complexity index is 468. The van der Waals surface area contributed by atoms with Crippen LogP contribution in [0.1, 0.15) is 5.69 Å². The molecule has 0 fully saturated rings. The van der Waals surface area contributed by atoms with Crippen LogP contribution in [0, 0.1) is 0 Å². The monoisotopic (exact) mass is 293 g/mol. The van der Waals surface area contributed by atoms with Gasteiger partial charge in [0.25, 0.3) is 0 Å². The van der Waals surface area contributed by atoms with Crippen LogP contribution >= 0.6 is 15.9 Å². The van der Waals surface area contributed by atoms with Crippen LogP contribution in [-0.2, 0) is 6.61 Å². The highest BCUT2D eigenvalue weighted by atomic mass is 79.9. The predicted molar refractivity (Wildman–Crippen MR) is 69.3 cm³/mol. The normalized spacial score (nSPS) is 10.0. The fraction of sp³-hybridized carbons (Fsp3) is 0.154. The molecule has 0 N–H and O–H groups in total. The number of hydrogen-bond acceptors (Lipinski definition) is 3. The zero-order chi connectivity index (χ0) is 12.1. The number of aromatic nitrogens is 1. The summed E-state index contributed by atoms with van der Waals surface area (Å²) >= 11 is 3.34. The molecule has 0 bridgehead atoms. The SMILES string of the molecule is COc1ccc(OCc2ccc(Br)cn2)cc1. The van der Waals surface area contributed by atoms with E-state index in [9.17, 15) is 0 Å². The van der Waals surface area contributed by atoms with Crippen molar-refractivity contribution in [3.8, 4) is 11.5 Å². The van der Waals surface area contributed by atoms with Gasteiger partial charge in [-0.2, -0.15) is 0 Å². The lowest BCUT2D eigenvalue weighted by atomic mass is 10.3. The Morgan fingerprint density at radius 3 is 2.35 bits per heavy atom. The molecule has 1 heterocycles. The van der Waals surface area contributed by atoms with E-state index in [2.05, 4.69) is 20.9 Å². The van der Waals surface area contributed by atoms with Crippen LogP contribution in [0.2, 0.25) is 0 Å². The van der Waals surface area contributed by atoms with E-state index in [1.165, 1.54) is 0 Å². The Hall–Kier alpha value is -1.55. The van der Waals surface area contributed by atoms with E-state index >= 15 is 0 Å². The van der Waals surface area contributed by atoms with Gasteiger partial charge in [-0.1, -0.05) is 0 Å². The maximum absolute atomic E-state index is 5.60. The molecular formula is C13H12BrNO2. The highest BCUT2D eigenvalue weighted by Gasteiger charge is 1.98. The summed E-state index contributed by atoms with van der Waals surface area (Å²) in [6, 6.07) is 11.3. The molecule has 17 heavy (non-hydrogen) atoms. The zero-order valence-corrected chi connectivity index (χ0v) is 11.0. The largest absolute Gasteiger partial charge is 0.497 e. The lowest BCUT2D eigenvalue weighted by Crippen LogP contribution is -1.97.